The van der Waals surface area contributed by atoms with Crippen molar-refractivity contribution in [3.63, 3.8) is 0 Å². The maximum Gasteiger partial charge on any atom is 0.316 e. The predicted molar refractivity (Wildman–Crippen MR) is 97.0 cm³/mol. The molecule has 2 rings (SSSR count). The van der Waals surface area contributed by atoms with Gasteiger partial charge in [0, 0.05) is 5.56 Å². The normalized spacial score (nSPS) is 10.8. The minimum atomic E-state index is -0.320. The van der Waals surface area contributed by atoms with E-state index in [-0.39, 0.29) is 17.5 Å². The molecule has 0 fully saturated rings. The Morgan fingerprint density at radius 1 is 1.56 bits per heavy atom. The van der Waals surface area contributed by atoms with Gasteiger partial charge in [0.2, 0.25) is 11.1 Å². The van der Waals surface area contributed by atoms with Gasteiger partial charge in [-0.1, -0.05) is 30.0 Å². The van der Waals surface area contributed by atoms with Gasteiger partial charge < -0.3 is 9.84 Å². The molecule has 3 N–H and O–H groups in total. The van der Waals surface area contributed by atoms with Crippen LogP contribution in [0.1, 0.15) is 18.1 Å². The largest absolute Gasteiger partial charge is 0.507 e. The van der Waals surface area contributed by atoms with Crippen LogP contribution in [0.5, 0.6) is 5.75 Å². The number of nitrogens with zero attached hydrogens (tertiary/aromatic N) is 3. The summed E-state index contributed by atoms with van der Waals surface area (Å²) in [5.74, 6) is 0.304. The molecule has 0 radical (unpaired) electrons. The lowest BCUT2D eigenvalue weighted by molar-refractivity contribution is -0.139. The van der Waals surface area contributed by atoms with Gasteiger partial charge in [-0.2, -0.15) is 10.1 Å². The highest BCUT2D eigenvalue weighted by Gasteiger charge is 2.08. The third kappa shape index (κ3) is 5.64. The molecule has 25 heavy (non-hydrogen) atoms. The van der Waals surface area contributed by atoms with Crippen molar-refractivity contribution in [3.8, 4) is 5.75 Å². The molecule has 0 saturated heterocycles. The van der Waals surface area contributed by atoms with Crippen molar-refractivity contribution in [2.75, 3.05) is 17.8 Å². The molecule has 132 valence electrons. The Morgan fingerprint density at radius 2 is 2.40 bits per heavy atom. The first kappa shape index (κ1) is 18.5. The Labute approximate surface area is 149 Å². The number of aromatic amines is 1. The minimum absolute atomic E-state index is 0.137. The van der Waals surface area contributed by atoms with Gasteiger partial charge in [-0.15, -0.1) is 11.7 Å². The molecule has 1 aromatic heterocycles. The van der Waals surface area contributed by atoms with Gasteiger partial charge in [0.05, 0.1) is 18.6 Å². The number of hydrogen-bond acceptors (Lipinski definition) is 8. The van der Waals surface area contributed by atoms with Gasteiger partial charge in [-0.05, 0) is 25.0 Å². The first-order valence-corrected chi connectivity index (χ1v) is 8.54. The number of hydrogen-bond donors (Lipinski definition) is 3. The monoisotopic (exact) mass is 361 g/mol. The number of benzene rings is 1. The van der Waals surface area contributed by atoms with E-state index in [0.717, 1.165) is 17.3 Å². The van der Waals surface area contributed by atoms with Crippen molar-refractivity contribution >= 4 is 29.9 Å². The molecule has 1 heterocycles. The summed E-state index contributed by atoms with van der Waals surface area (Å²) in [5.41, 5.74) is 4.03. The van der Waals surface area contributed by atoms with Gasteiger partial charge in [-0.3, -0.25) is 4.79 Å². The van der Waals surface area contributed by atoms with Crippen LogP contribution in [0.25, 0.3) is 0 Å². The topological polar surface area (TPSA) is 112 Å². The third-order valence-electron chi connectivity index (χ3n) is 2.98. The zero-order valence-electron chi connectivity index (χ0n) is 13.7. The molecular formula is C16H19N5O3S. The number of phenolic OH excluding ortho intramolecular Hbond substituents is 1. The fourth-order valence-electron chi connectivity index (χ4n) is 1.89. The second kappa shape index (κ2) is 9.48. The van der Waals surface area contributed by atoms with E-state index in [2.05, 4.69) is 32.3 Å². The quantitative estimate of drug-likeness (QED) is 0.207. The summed E-state index contributed by atoms with van der Waals surface area (Å²) in [6.45, 7) is 5.75. The van der Waals surface area contributed by atoms with Gasteiger partial charge in [0.1, 0.15) is 5.75 Å². The number of hydrazone groups is 1. The number of anilines is 1. The van der Waals surface area contributed by atoms with Crippen molar-refractivity contribution in [3.05, 3.63) is 42.0 Å². The zero-order chi connectivity index (χ0) is 18.1. The molecule has 0 atom stereocenters. The molecule has 0 amide bonds. The van der Waals surface area contributed by atoms with Gasteiger partial charge >= 0.3 is 5.97 Å². The minimum Gasteiger partial charge on any atom is -0.507 e. The molecule has 8 nitrogen and oxygen atoms in total. The first-order chi connectivity index (χ1) is 12.1. The van der Waals surface area contributed by atoms with Crippen LogP contribution >= 0.6 is 11.8 Å². The Balaban J connectivity index is 1.91. The SMILES string of the molecule is C=CCc1cccc(/C=N\Nc2nc(SCC(=O)OCC)n[nH]2)c1O. The smallest absolute Gasteiger partial charge is 0.316 e. The third-order valence-corrected chi connectivity index (χ3v) is 3.80. The predicted octanol–water partition coefficient (Wildman–Crippen LogP) is 2.34. The molecule has 9 heteroatoms. The van der Waals surface area contributed by atoms with Crippen LogP contribution in [0.15, 0.2) is 41.1 Å². The second-order valence-corrected chi connectivity index (χ2v) is 5.72. The van der Waals surface area contributed by atoms with Crippen LogP contribution in [0, 0.1) is 0 Å². The summed E-state index contributed by atoms with van der Waals surface area (Å²) >= 11 is 1.16. The number of carbonyl (C=O) groups is 1. The van der Waals surface area contributed by atoms with E-state index in [0.29, 0.717) is 29.7 Å². The van der Waals surface area contributed by atoms with Crippen LogP contribution in [0.3, 0.4) is 0 Å². The maximum atomic E-state index is 11.3. The number of thioether (sulfide) groups is 1. The lowest BCUT2D eigenvalue weighted by Gasteiger charge is -2.04. The fraction of sp³-hybridized carbons (Fsp3) is 0.250. The lowest BCUT2D eigenvalue weighted by Crippen LogP contribution is -2.06. The highest BCUT2D eigenvalue weighted by Crippen LogP contribution is 2.21. The number of aromatic nitrogens is 3. The summed E-state index contributed by atoms with van der Waals surface area (Å²) < 4.78 is 4.83. The Hall–Kier alpha value is -2.81. The van der Waals surface area contributed by atoms with Crippen LogP contribution in [-0.4, -0.2) is 44.8 Å². The van der Waals surface area contributed by atoms with Crippen molar-refractivity contribution in [1.82, 2.24) is 15.2 Å². The molecule has 0 unspecified atom stereocenters. The average molecular weight is 361 g/mol. The van der Waals surface area contributed by atoms with Crippen molar-refractivity contribution < 1.29 is 14.6 Å². The van der Waals surface area contributed by atoms with Crippen LogP contribution in [0.2, 0.25) is 0 Å². The lowest BCUT2D eigenvalue weighted by atomic mass is 10.1. The number of phenols is 1. The van der Waals surface area contributed by atoms with Gasteiger partial charge in [0.15, 0.2) is 0 Å². The van der Waals surface area contributed by atoms with Crippen molar-refractivity contribution in [2.24, 2.45) is 5.10 Å². The van der Waals surface area contributed by atoms with Crippen molar-refractivity contribution in [2.45, 2.75) is 18.5 Å². The highest BCUT2D eigenvalue weighted by atomic mass is 32.2. The standard InChI is InChI=1S/C16H19N5O3S/c1-3-6-11-7-5-8-12(14(11)23)9-17-19-15-18-16(21-20-15)25-10-13(22)24-4-2/h3,5,7-9,23H,1,4,6,10H2,2H3,(H2,18,19,20,21)/b17-9-. The van der Waals surface area contributed by atoms with E-state index >= 15 is 0 Å². The van der Waals surface area contributed by atoms with E-state index in [4.69, 9.17) is 4.74 Å². The number of aromatic hydroxyl groups is 1. The highest BCUT2D eigenvalue weighted by molar-refractivity contribution is 7.99. The summed E-state index contributed by atoms with van der Waals surface area (Å²) in [6.07, 6.45) is 3.78. The Bertz CT molecular complexity index is 760. The van der Waals surface area contributed by atoms with Crippen LogP contribution in [-0.2, 0) is 16.0 Å². The number of carbonyl (C=O) groups excluding carboxylic acids is 1. The number of esters is 1. The van der Waals surface area contributed by atoms with Gasteiger partial charge in [0.25, 0.3) is 0 Å². The van der Waals surface area contributed by atoms with E-state index in [1.807, 2.05) is 12.1 Å². The van der Waals surface area contributed by atoms with E-state index in [9.17, 15) is 9.90 Å². The van der Waals surface area contributed by atoms with E-state index in [1.165, 1.54) is 6.21 Å². The Morgan fingerprint density at radius 3 is 3.16 bits per heavy atom. The number of ether oxygens (including phenoxy) is 1. The molecule has 0 aliphatic carbocycles. The molecule has 0 aliphatic rings. The number of nitrogens with one attached hydrogen (secondary N) is 2. The molecule has 0 saturated carbocycles. The van der Waals surface area contributed by atoms with Crippen LogP contribution in [0.4, 0.5) is 5.95 Å². The summed E-state index contributed by atoms with van der Waals surface area (Å²) in [5, 5.41) is 21.2. The maximum absolute atomic E-state index is 11.3. The molecular weight excluding hydrogens is 342 g/mol. The molecule has 0 aliphatic heterocycles. The number of H-pyrrole nitrogens is 1. The first-order valence-electron chi connectivity index (χ1n) is 7.55. The van der Waals surface area contributed by atoms with E-state index < -0.39 is 0 Å². The molecule has 2 aromatic rings. The van der Waals surface area contributed by atoms with Crippen LogP contribution < -0.4 is 5.43 Å². The Kier molecular flexibility index (Phi) is 7.02. The number of allylic oxidation sites excluding steroid dienone is 1. The molecule has 0 spiro atoms. The second-order valence-electron chi connectivity index (χ2n) is 4.78. The summed E-state index contributed by atoms with van der Waals surface area (Å²) in [4.78, 5) is 15.4. The van der Waals surface area contributed by atoms with E-state index in [1.54, 1.807) is 19.1 Å². The summed E-state index contributed by atoms with van der Waals surface area (Å²) in [6, 6.07) is 5.40. The summed E-state index contributed by atoms with van der Waals surface area (Å²) in [7, 11) is 0. The molecule has 0 bridgehead atoms. The fourth-order valence-corrected chi connectivity index (χ4v) is 2.48. The molecule has 1 aromatic carbocycles. The van der Waals surface area contributed by atoms with Gasteiger partial charge in [-0.25, -0.2) is 10.5 Å². The average Bonchev–Trinajstić information content (AvgIpc) is 3.05. The zero-order valence-corrected chi connectivity index (χ0v) is 14.5. The van der Waals surface area contributed by atoms with Crippen molar-refractivity contribution in [1.29, 1.82) is 0 Å². The number of rotatable bonds is 9. The number of para-hydroxylation sites is 1.